The van der Waals surface area contributed by atoms with Gasteiger partial charge in [0, 0.05) is 39.7 Å². The Morgan fingerprint density at radius 3 is 2.39 bits per heavy atom. The van der Waals surface area contributed by atoms with Crippen molar-refractivity contribution in [3.8, 4) is 27.8 Å². The molecule has 1 saturated carbocycles. The number of aryl methyl sites for hydroxylation is 2. The van der Waals surface area contributed by atoms with Crippen LogP contribution in [0.15, 0.2) is 125 Å². The molecule has 11 nitrogen and oxygen atoms in total. The summed E-state index contributed by atoms with van der Waals surface area (Å²) in [6.45, 7) is 3.89. The van der Waals surface area contributed by atoms with E-state index < -0.39 is 35.0 Å². The summed E-state index contributed by atoms with van der Waals surface area (Å²) in [5, 5.41) is 18.9. The number of hydrogen-bond donors (Lipinski definition) is 1. The minimum absolute atomic E-state index is 0.0945. The number of carbonyl (C=O) groups is 4. The zero-order valence-corrected chi connectivity index (χ0v) is 36.4. The maximum Gasteiger partial charge on any atom is 0.242 e. The Bertz CT molecular complexity index is 3370. The first-order chi connectivity index (χ1) is 30.9. The Hall–Kier alpha value is -6.89. The van der Waals surface area contributed by atoms with E-state index in [4.69, 9.17) is 21.1 Å². The fraction of sp³-hybridized carbons (Fsp3) is 0.216. The molecule has 0 radical (unpaired) electrons. The van der Waals surface area contributed by atoms with Gasteiger partial charge in [0.25, 0.3) is 0 Å². The van der Waals surface area contributed by atoms with Gasteiger partial charge in [-0.2, -0.15) is 5.10 Å². The first-order valence-electron chi connectivity index (χ1n) is 21.3. The second kappa shape index (κ2) is 13.8. The highest BCUT2D eigenvalue weighted by Crippen LogP contribution is 2.64. The van der Waals surface area contributed by atoms with Crippen molar-refractivity contribution in [1.82, 2.24) is 14.8 Å². The molecule has 0 spiro atoms. The van der Waals surface area contributed by atoms with Crippen LogP contribution in [0.25, 0.3) is 54.0 Å². The summed E-state index contributed by atoms with van der Waals surface area (Å²) in [6, 6.07) is 33.1. The zero-order valence-electron chi connectivity index (χ0n) is 34.8. The second-order valence-electron chi connectivity index (χ2n) is 17.6. The van der Waals surface area contributed by atoms with Crippen molar-refractivity contribution >= 4 is 90.0 Å². The van der Waals surface area contributed by atoms with E-state index in [1.165, 1.54) is 9.80 Å². The smallest absolute Gasteiger partial charge is 0.242 e. The topological polar surface area (TPSA) is 139 Å². The number of oxazole rings is 1. The maximum absolute atomic E-state index is 15.5. The van der Waals surface area contributed by atoms with Crippen LogP contribution in [0.1, 0.15) is 36.8 Å². The fourth-order valence-electron chi connectivity index (χ4n) is 11.4. The Kier molecular flexibility index (Phi) is 8.36. The van der Waals surface area contributed by atoms with Crippen molar-refractivity contribution in [1.29, 1.82) is 0 Å². The van der Waals surface area contributed by atoms with Crippen molar-refractivity contribution in [2.24, 2.45) is 36.1 Å². The van der Waals surface area contributed by atoms with Gasteiger partial charge in [0.15, 0.2) is 5.58 Å². The van der Waals surface area contributed by atoms with Gasteiger partial charge >= 0.3 is 0 Å². The lowest BCUT2D eigenvalue weighted by Gasteiger charge is -2.49. The number of carbonyl (C=O) groups excluding carboxylic acids is 4. The highest BCUT2D eigenvalue weighted by atomic mass is 35.5. The molecular weight excluding hydrogens is 846 g/mol. The number of phenols is 1. The molecule has 13 heteroatoms. The number of rotatable bonds is 5. The third-order valence-corrected chi connectivity index (χ3v) is 15.9. The van der Waals surface area contributed by atoms with Gasteiger partial charge in [-0.15, -0.1) is 11.3 Å². The Morgan fingerprint density at radius 2 is 1.59 bits per heavy atom. The van der Waals surface area contributed by atoms with Gasteiger partial charge in [-0.1, -0.05) is 65.7 Å². The molecule has 5 aromatic carbocycles. The summed E-state index contributed by atoms with van der Waals surface area (Å²) in [5.41, 5.74) is 4.49. The number of aromatic hydroxyl groups is 1. The molecule has 12 rings (SSSR count). The lowest BCUT2D eigenvalue weighted by molar-refractivity contribution is -0.131. The van der Waals surface area contributed by atoms with Crippen LogP contribution in [-0.2, 0) is 26.2 Å². The second-order valence-corrected chi connectivity index (χ2v) is 19.1. The SMILES string of the molecule is Cc1c(-c2cc(N3C(=O)[C@@H]4C[C@@H]5C(=CC[C@@H]6C(=O)N(c7ccc(-c8nc9ccccc9o8)cc7)C(=O)[C@@H]65)[C@H](c5ccc(O)c6ccccc56)[C@]4(C)C3=O)n(C)n2)sc2ccc(Cl)cc12. The average Bonchev–Trinajstić information content (AvgIpc) is 4.08. The fourth-order valence-corrected chi connectivity index (χ4v) is 12.7. The minimum atomic E-state index is -1.30. The summed E-state index contributed by atoms with van der Waals surface area (Å²) in [5.74, 6) is -3.95. The molecule has 316 valence electrons. The largest absolute Gasteiger partial charge is 0.507 e. The van der Waals surface area contributed by atoms with Crippen LogP contribution in [0, 0.1) is 36.0 Å². The maximum atomic E-state index is 15.5. The van der Waals surface area contributed by atoms with Crippen molar-refractivity contribution in [3.63, 3.8) is 0 Å². The molecule has 2 aliphatic heterocycles. The first-order valence-corrected chi connectivity index (χ1v) is 22.5. The number of allylic oxidation sites excluding steroid dienone is 2. The van der Waals surface area contributed by atoms with Crippen molar-refractivity contribution in [3.05, 3.63) is 137 Å². The summed E-state index contributed by atoms with van der Waals surface area (Å²) in [4.78, 5) is 68.1. The number of thiophene rings is 1. The van der Waals surface area contributed by atoms with Crippen LogP contribution >= 0.6 is 22.9 Å². The number of fused-ring (bicyclic) bond motifs is 7. The molecular formula is C51H38ClN5O6S. The van der Waals surface area contributed by atoms with E-state index in [1.54, 1.807) is 59.5 Å². The Morgan fingerprint density at radius 1 is 0.828 bits per heavy atom. The molecule has 3 aromatic heterocycles. The van der Waals surface area contributed by atoms with Crippen molar-refractivity contribution in [2.75, 3.05) is 9.80 Å². The van der Waals surface area contributed by atoms with Crippen LogP contribution in [0.5, 0.6) is 5.75 Å². The van der Waals surface area contributed by atoms with Gasteiger partial charge in [0.2, 0.25) is 29.5 Å². The predicted octanol–water partition coefficient (Wildman–Crippen LogP) is 10.4. The van der Waals surface area contributed by atoms with Gasteiger partial charge in [0.05, 0.1) is 33.7 Å². The third kappa shape index (κ3) is 5.32. The normalized spacial score (nSPS) is 24.2. The summed E-state index contributed by atoms with van der Waals surface area (Å²) >= 11 is 7.94. The summed E-state index contributed by atoms with van der Waals surface area (Å²) in [7, 11) is 1.73. The molecule has 2 aliphatic carbocycles. The van der Waals surface area contributed by atoms with Gasteiger partial charge in [-0.3, -0.25) is 28.8 Å². The highest BCUT2D eigenvalue weighted by molar-refractivity contribution is 7.22. The van der Waals surface area contributed by atoms with Crippen LogP contribution in [-0.4, -0.2) is 43.5 Å². The summed E-state index contributed by atoms with van der Waals surface area (Å²) < 4.78 is 8.61. The van der Waals surface area contributed by atoms with Gasteiger partial charge in [0.1, 0.15) is 22.8 Å². The van der Waals surface area contributed by atoms with E-state index in [1.807, 2.05) is 92.7 Å². The van der Waals surface area contributed by atoms with E-state index >= 15 is 9.59 Å². The summed E-state index contributed by atoms with van der Waals surface area (Å²) in [6.07, 6.45) is 2.54. The van der Waals surface area contributed by atoms with E-state index in [2.05, 4.69) is 4.98 Å². The number of anilines is 2. The van der Waals surface area contributed by atoms with Crippen LogP contribution in [0.2, 0.25) is 5.02 Å². The molecule has 3 fully saturated rings. The van der Waals surface area contributed by atoms with Crippen molar-refractivity contribution < 1.29 is 28.7 Å². The average molecular weight is 884 g/mol. The number of para-hydroxylation sites is 2. The number of aromatic nitrogens is 3. The quantitative estimate of drug-likeness (QED) is 0.133. The number of phenolic OH excluding ortho intramolecular Hbond substituents is 1. The van der Waals surface area contributed by atoms with Crippen LogP contribution in [0.3, 0.4) is 0 Å². The number of amides is 4. The van der Waals surface area contributed by atoms with E-state index in [0.717, 1.165) is 42.6 Å². The molecule has 8 aromatic rings. The van der Waals surface area contributed by atoms with E-state index in [9.17, 15) is 14.7 Å². The molecule has 0 unspecified atom stereocenters. The number of hydrogen-bond acceptors (Lipinski definition) is 9. The molecule has 5 heterocycles. The van der Waals surface area contributed by atoms with Gasteiger partial charge < -0.3 is 9.52 Å². The lowest BCUT2D eigenvalue weighted by atomic mass is 9.51. The number of halogens is 1. The highest BCUT2D eigenvalue weighted by Gasteiger charge is 2.68. The van der Waals surface area contributed by atoms with Gasteiger partial charge in [-0.05, 0) is 115 Å². The standard InChI is InChI=1S/C51H38ClN5O6S/c1-25-34-22-27(52)14-21-41(34)64-45(25)38-24-42(55(3)54-38)57-48(60)36-23-35-32(44(51(36,2)50(57)62)31-19-20-39(58)30-9-5-4-8-29(30)31)17-18-33-43(35)49(61)56(47(33)59)28-15-12-26(13-16-28)46-53-37-10-6-7-11-40(37)63-46/h4-17,19-22,24,33,35-36,43-44,58H,18,23H2,1-3H3/t33-,35+,36-,43-,44-,51+/m0/s1. The van der Waals surface area contributed by atoms with Gasteiger partial charge in [-0.25, -0.2) is 9.88 Å². The van der Waals surface area contributed by atoms with E-state index in [-0.39, 0.29) is 35.8 Å². The predicted molar refractivity (Wildman–Crippen MR) is 246 cm³/mol. The lowest BCUT2D eigenvalue weighted by Crippen LogP contribution is -2.49. The molecule has 1 N–H and O–H groups in total. The minimum Gasteiger partial charge on any atom is -0.507 e. The number of benzene rings is 5. The van der Waals surface area contributed by atoms with E-state index in [0.29, 0.717) is 51.1 Å². The van der Waals surface area contributed by atoms with Crippen LogP contribution in [0.4, 0.5) is 11.5 Å². The number of nitrogens with zero attached hydrogens (tertiary/aromatic N) is 5. The third-order valence-electron chi connectivity index (χ3n) is 14.4. The Balaban J connectivity index is 0.947. The molecule has 4 aliphatic rings. The molecule has 64 heavy (non-hydrogen) atoms. The zero-order chi connectivity index (χ0) is 43.9. The Labute approximate surface area is 375 Å². The first kappa shape index (κ1) is 38.8. The molecule has 4 amide bonds. The monoisotopic (exact) mass is 883 g/mol. The molecule has 2 saturated heterocycles. The number of imide groups is 2. The molecule has 6 atom stereocenters. The van der Waals surface area contributed by atoms with Crippen LogP contribution < -0.4 is 9.80 Å². The van der Waals surface area contributed by atoms with Crippen molar-refractivity contribution in [2.45, 2.75) is 32.6 Å². The molecule has 0 bridgehead atoms.